The van der Waals surface area contributed by atoms with Gasteiger partial charge in [-0.1, -0.05) is 54.6 Å². The number of benzene rings is 3. The lowest BCUT2D eigenvalue weighted by Gasteiger charge is -2.10. The van der Waals surface area contributed by atoms with Crippen molar-refractivity contribution in [2.75, 3.05) is 13.7 Å². The Labute approximate surface area is 182 Å². The van der Waals surface area contributed by atoms with Gasteiger partial charge in [0.25, 0.3) is 0 Å². The van der Waals surface area contributed by atoms with Crippen molar-refractivity contribution in [2.45, 2.75) is 18.9 Å². The molecule has 0 amide bonds. The van der Waals surface area contributed by atoms with Crippen LogP contribution in [-0.2, 0) is 22.4 Å². The molecule has 0 aliphatic carbocycles. The maximum Gasteiger partial charge on any atom is 0.333 e. The molecule has 5 heteroatoms. The van der Waals surface area contributed by atoms with Crippen molar-refractivity contribution < 1.29 is 24.1 Å². The second-order valence-corrected chi connectivity index (χ2v) is 6.89. The van der Waals surface area contributed by atoms with E-state index in [0.717, 1.165) is 17.7 Å². The predicted octanol–water partition coefficient (Wildman–Crippen LogP) is 4.34. The van der Waals surface area contributed by atoms with Crippen molar-refractivity contribution in [3.05, 3.63) is 95.6 Å². The summed E-state index contributed by atoms with van der Waals surface area (Å²) in [6.07, 6.45) is 2.92. The van der Waals surface area contributed by atoms with E-state index in [1.54, 1.807) is 24.3 Å². The van der Waals surface area contributed by atoms with Crippen LogP contribution >= 0.6 is 0 Å². The van der Waals surface area contributed by atoms with Gasteiger partial charge in [-0.05, 0) is 53.3 Å². The molecular formula is C26H24O5. The van der Waals surface area contributed by atoms with Gasteiger partial charge in [0.1, 0.15) is 17.6 Å². The van der Waals surface area contributed by atoms with Crippen LogP contribution in [0, 0.1) is 12.0 Å². The fourth-order valence-electron chi connectivity index (χ4n) is 2.96. The van der Waals surface area contributed by atoms with Crippen molar-refractivity contribution in [3.63, 3.8) is 0 Å². The van der Waals surface area contributed by atoms with Gasteiger partial charge in [-0.2, -0.15) is 0 Å². The van der Waals surface area contributed by atoms with Crippen LogP contribution in [0.15, 0.2) is 78.9 Å². The van der Waals surface area contributed by atoms with E-state index in [4.69, 9.17) is 19.3 Å². The first-order chi connectivity index (χ1) is 15.1. The van der Waals surface area contributed by atoms with Crippen LogP contribution in [0.25, 0.3) is 0 Å². The number of ether oxygens (including phenoxy) is 3. The molecule has 158 valence electrons. The maximum atomic E-state index is 11.0. The zero-order valence-corrected chi connectivity index (χ0v) is 17.3. The highest BCUT2D eigenvalue weighted by atomic mass is 16.5. The largest absolute Gasteiger partial charge is 0.481 e. The molecule has 0 radical (unpaired) electrons. The van der Waals surface area contributed by atoms with Gasteiger partial charge in [-0.15, -0.1) is 0 Å². The van der Waals surface area contributed by atoms with Crippen molar-refractivity contribution in [2.24, 2.45) is 0 Å². The molecule has 0 aliphatic rings. The zero-order chi connectivity index (χ0) is 21.9. The Morgan fingerprint density at radius 3 is 2.13 bits per heavy atom. The third kappa shape index (κ3) is 7.22. The molecule has 3 aromatic rings. The second-order valence-electron chi connectivity index (χ2n) is 6.89. The molecule has 0 aromatic heterocycles. The summed E-state index contributed by atoms with van der Waals surface area (Å²) >= 11 is 0. The minimum atomic E-state index is -0.987. The molecule has 0 saturated carbocycles. The number of aliphatic carboxylic acids is 1. The van der Waals surface area contributed by atoms with E-state index in [1.165, 1.54) is 18.2 Å². The highest BCUT2D eigenvalue weighted by Gasteiger charge is 2.16. The van der Waals surface area contributed by atoms with Gasteiger partial charge in [0, 0.05) is 13.5 Å². The maximum absolute atomic E-state index is 11.0. The van der Waals surface area contributed by atoms with Crippen LogP contribution in [0.4, 0.5) is 0 Å². The SMILES string of the molecule is CO[C@@H](Cc1ccc(OC#CCOc2ccc(Cc3ccccc3)cc2)cc1)C(=O)O. The number of carboxylic acids is 1. The van der Waals surface area contributed by atoms with Crippen molar-refractivity contribution >= 4 is 5.97 Å². The summed E-state index contributed by atoms with van der Waals surface area (Å²) in [6.45, 7) is 0.213. The monoisotopic (exact) mass is 416 g/mol. The number of rotatable bonds is 9. The standard InChI is InChI=1S/C26H24O5/c1-29-25(26(27)28)19-22-10-14-24(15-11-22)31-17-5-16-30-23-12-8-21(9-13-23)18-20-6-3-2-4-7-20/h2-4,6-15,25H,16,18-19H2,1H3,(H,27,28)/t25-/m0/s1. The zero-order valence-electron chi connectivity index (χ0n) is 17.3. The summed E-state index contributed by atoms with van der Waals surface area (Å²) in [5.74, 6) is 3.16. The number of methoxy groups -OCH3 is 1. The van der Waals surface area contributed by atoms with Crippen LogP contribution in [-0.4, -0.2) is 30.9 Å². The third-order valence-electron chi connectivity index (χ3n) is 4.63. The fraction of sp³-hybridized carbons (Fsp3) is 0.192. The molecule has 0 bridgehead atoms. The smallest absolute Gasteiger partial charge is 0.333 e. The molecule has 1 atom stereocenters. The van der Waals surface area contributed by atoms with Gasteiger partial charge in [-0.25, -0.2) is 4.79 Å². The molecule has 3 aromatic carbocycles. The molecule has 1 N–H and O–H groups in total. The summed E-state index contributed by atoms with van der Waals surface area (Å²) < 4.78 is 15.9. The highest BCUT2D eigenvalue weighted by Crippen LogP contribution is 2.16. The first-order valence-corrected chi connectivity index (χ1v) is 9.89. The van der Waals surface area contributed by atoms with Crippen LogP contribution in [0.2, 0.25) is 0 Å². The van der Waals surface area contributed by atoms with Crippen LogP contribution < -0.4 is 9.47 Å². The molecule has 0 saturated heterocycles. The molecule has 3 rings (SSSR count). The first-order valence-electron chi connectivity index (χ1n) is 9.89. The van der Waals surface area contributed by atoms with Gasteiger partial charge in [0.05, 0.1) is 0 Å². The minimum Gasteiger partial charge on any atom is -0.481 e. The van der Waals surface area contributed by atoms with E-state index >= 15 is 0 Å². The van der Waals surface area contributed by atoms with E-state index in [2.05, 4.69) is 24.2 Å². The van der Waals surface area contributed by atoms with E-state index in [9.17, 15) is 4.79 Å². The van der Waals surface area contributed by atoms with Crippen molar-refractivity contribution in [3.8, 4) is 23.5 Å². The Morgan fingerprint density at radius 1 is 0.871 bits per heavy atom. The van der Waals surface area contributed by atoms with Crippen molar-refractivity contribution in [1.82, 2.24) is 0 Å². The van der Waals surface area contributed by atoms with Gasteiger partial charge in [0.15, 0.2) is 12.7 Å². The summed E-state index contributed by atoms with van der Waals surface area (Å²) in [5, 5.41) is 9.03. The third-order valence-corrected chi connectivity index (χ3v) is 4.63. The van der Waals surface area contributed by atoms with Crippen LogP contribution in [0.5, 0.6) is 11.5 Å². The summed E-state index contributed by atoms with van der Waals surface area (Å²) in [6, 6.07) is 25.3. The lowest BCUT2D eigenvalue weighted by molar-refractivity contribution is -0.148. The van der Waals surface area contributed by atoms with E-state index in [1.807, 2.05) is 42.5 Å². The Kier molecular flexibility index (Phi) is 8.10. The van der Waals surface area contributed by atoms with E-state index in [-0.39, 0.29) is 13.0 Å². The topological polar surface area (TPSA) is 65.0 Å². The average molecular weight is 416 g/mol. The van der Waals surface area contributed by atoms with Crippen molar-refractivity contribution in [1.29, 1.82) is 0 Å². The number of hydrogen-bond donors (Lipinski definition) is 1. The number of carbonyl (C=O) groups is 1. The quantitative estimate of drug-likeness (QED) is 0.526. The molecule has 0 fully saturated rings. The second kappa shape index (κ2) is 11.4. The molecular weight excluding hydrogens is 392 g/mol. The molecule has 0 spiro atoms. The Bertz CT molecular complexity index is 1020. The molecule has 0 heterocycles. The lowest BCUT2D eigenvalue weighted by Crippen LogP contribution is -2.24. The van der Waals surface area contributed by atoms with Gasteiger partial charge >= 0.3 is 5.97 Å². The van der Waals surface area contributed by atoms with E-state index in [0.29, 0.717) is 5.75 Å². The van der Waals surface area contributed by atoms with Gasteiger partial charge in [0.2, 0.25) is 0 Å². The average Bonchev–Trinajstić information content (AvgIpc) is 2.80. The number of carboxylic acid groups (broad SMARTS) is 1. The number of hydrogen-bond acceptors (Lipinski definition) is 4. The fourth-order valence-corrected chi connectivity index (χ4v) is 2.96. The first kappa shape index (κ1) is 21.9. The Hall–Kier alpha value is -3.75. The van der Waals surface area contributed by atoms with Gasteiger partial charge < -0.3 is 19.3 Å². The summed E-state index contributed by atoms with van der Waals surface area (Å²) in [5.41, 5.74) is 3.33. The Balaban J connectivity index is 1.42. The Morgan fingerprint density at radius 2 is 1.48 bits per heavy atom. The lowest BCUT2D eigenvalue weighted by atomic mass is 10.1. The predicted molar refractivity (Wildman–Crippen MR) is 118 cm³/mol. The molecule has 0 unspecified atom stereocenters. The van der Waals surface area contributed by atoms with Gasteiger partial charge in [-0.3, -0.25) is 0 Å². The molecule has 5 nitrogen and oxygen atoms in total. The summed E-state index contributed by atoms with van der Waals surface area (Å²) in [4.78, 5) is 11.0. The van der Waals surface area contributed by atoms with Crippen LogP contribution in [0.3, 0.4) is 0 Å². The van der Waals surface area contributed by atoms with Crippen LogP contribution in [0.1, 0.15) is 16.7 Å². The minimum absolute atomic E-state index is 0.213. The molecule has 0 aliphatic heterocycles. The molecule has 31 heavy (non-hydrogen) atoms. The highest BCUT2D eigenvalue weighted by molar-refractivity contribution is 5.72. The van der Waals surface area contributed by atoms with E-state index < -0.39 is 12.1 Å². The normalized spacial score (nSPS) is 11.1. The summed E-state index contributed by atoms with van der Waals surface area (Å²) in [7, 11) is 1.38.